The molecule has 1 unspecified atom stereocenters. The van der Waals surface area contributed by atoms with Crippen LogP contribution in [0.5, 0.6) is 0 Å². The highest BCUT2D eigenvalue weighted by molar-refractivity contribution is 7.86. The molecule has 1 atom stereocenters. The van der Waals surface area contributed by atoms with Gasteiger partial charge in [0.2, 0.25) is 0 Å². The zero-order chi connectivity index (χ0) is 10.5. The van der Waals surface area contributed by atoms with Crippen molar-refractivity contribution >= 4 is 10.1 Å². The lowest BCUT2D eigenvalue weighted by Gasteiger charge is -2.23. The number of hydrogen-bond donors (Lipinski definition) is 2. The Morgan fingerprint density at radius 3 is 2.38 bits per heavy atom. The summed E-state index contributed by atoms with van der Waals surface area (Å²) in [6, 6.07) is 0. The zero-order valence-electron chi connectivity index (χ0n) is 7.80. The third-order valence-electron chi connectivity index (χ3n) is 1.83. The van der Waals surface area contributed by atoms with Gasteiger partial charge in [0.15, 0.2) is 0 Å². The molecule has 0 fully saturated rings. The van der Waals surface area contributed by atoms with Crippen molar-refractivity contribution in [2.75, 3.05) is 25.9 Å². The Balaban J connectivity index is 3.81. The fourth-order valence-corrected chi connectivity index (χ4v) is 1.33. The molecule has 80 valence electrons. The smallest absolute Gasteiger partial charge is 0.235 e. The highest BCUT2D eigenvalue weighted by Gasteiger charge is 2.18. The Morgan fingerprint density at radius 1 is 1.46 bits per heavy atom. The summed E-state index contributed by atoms with van der Waals surface area (Å²) >= 11 is 0. The quantitative estimate of drug-likeness (QED) is 0.371. The average Bonchev–Trinajstić information content (AvgIpc) is 2.04. The highest BCUT2D eigenvalue weighted by atomic mass is 32.2. The van der Waals surface area contributed by atoms with E-state index in [4.69, 9.17) is 5.26 Å². The molecule has 0 saturated carbocycles. The zero-order valence-corrected chi connectivity index (χ0v) is 8.62. The second kappa shape index (κ2) is 4.87. The third kappa shape index (κ3) is 5.94. The molecule has 0 aliphatic rings. The summed E-state index contributed by atoms with van der Waals surface area (Å²) in [5, 5.41) is 17.4. The molecule has 0 spiro atoms. The molecule has 0 aromatic carbocycles. The van der Waals surface area contributed by atoms with Crippen molar-refractivity contribution in [2.24, 2.45) is 0 Å². The molecule has 6 nitrogen and oxygen atoms in total. The maximum atomic E-state index is 10.6. The molecule has 0 aromatic rings. The predicted molar refractivity (Wildman–Crippen MR) is 45.5 cm³/mol. The van der Waals surface area contributed by atoms with Gasteiger partial charge < -0.3 is 0 Å². The number of nitrogens with zero attached hydrogens (tertiary/aromatic N) is 1. The van der Waals surface area contributed by atoms with Crippen LogP contribution in [0, 0.1) is 0 Å². The van der Waals surface area contributed by atoms with Crippen molar-refractivity contribution in [3.63, 3.8) is 0 Å². The Morgan fingerprint density at radius 2 is 2.00 bits per heavy atom. The van der Waals surface area contributed by atoms with E-state index in [-0.39, 0.29) is 16.8 Å². The van der Waals surface area contributed by atoms with Crippen LogP contribution in [0.4, 0.5) is 0 Å². The summed E-state index contributed by atoms with van der Waals surface area (Å²) in [6.45, 7) is 2.59. The summed E-state index contributed by atoms with van der Waals surface area (Å²) in [6.07, 6.45) is 0.240. The Bertz CT molecular complexity index is 235. The van der Waals surface area contributed by atoms with Gasteiger partial charge in [-0.2, -0.15) is 13.1 Å². The first kappa shape index (κ1) is 12.8. The van der Waals surface area contributed by atoms with Gasteiger partial charge in [0.05, 0.1) is 12.8 Å². The molecule has 13 heavy (non-hydrogen) atoms. The molecule has 7 heteroatoms. The normalized spacial score (nSPS) is 16.9. The van der Waals surface area contributed by atoms with Gasteiger partial charge in [0.25, 0.3) is 10.1 Å². The van der Waals surface area contributed by atoms with Gasteiger partial charge in [-0.25, -0.2) is 10.5 Å². The summed E-state index contributed by atoms with van der Waals surface area (Å²) in [5.41, 5.74) is 0. The molecule has 0 amide bonds. The van der Waals surface area contributed by atoms with Crippen LogP contribution in [0.25, 0.3) is 0 Å². The van der Waals surface area contributed by atoms with Crippen molar-refractivity contribution in [3.05, 3.63) is 0 Å². The molecular weight excluding hydrogens is 198 g/mol. The van der Waals surface area contributed by atoms with Gasteiger partial charge in [-0.3, -0.25) is 0 Å². The SMILES string of the molecule is CC[N+](C)(O)CCCS(=O)(=O)OO. The van der Waals surface area contributed by atoms with Crippen molar-refractivity contribution in [1.82, 2.24) is 0 Å². The molecular formula is C6H16NO5S+. The van der Waals surface area contributed by atoms with Gasteiger partial charge >= 0.3 is 0 Å². The van der Waals surface area contributed by atoms with Gasteiger partial charge in [-0.05, 0) is 6.92 Å². The number of hydrogen-bond acceptors (Lipinski definition) is 5. The van der Waals surface area contributed by atoms with E-state index >= 15 is 0 Å². The second-order valence-electron chi connectivity index (χ2n) is 3.07. The van der Waals surface area contributed by atoms with Crippen LogP contribution >= 0.6 is 0 Å². The second-order valence-corrected chi connectivity index (χ2v) is 4.74. The van der Waals surface area contributed by atoms with Crippen LogP contribution in [0.3, 0.4) is 0 Å². The van der Waals surface area contributed by atoms with Crippen LogP contribution in [0.1, 0.15) is 13.3 Å². The van der Waals surface area contributed by atoms with E-state index in [0.29, 0.717) is 13.1 Å². The van der Waals surface area contributed by atoms with E-state index in [1.165, 1.54) is 0 Å². The van der Waals surface area contributed by atoms with Crippen LogP contribution in [-0.2, 0) is 14.5 Å². The first-order chi connectivity index (χ1) is 5.83. The number of rotatable bonds is 6. The van der Waals surface area contributed by atoms with E-state index in [1.54, 1.807) is 14.0 Å². The van der Waals surface area contributed by atoms with E-state index < -0.39 is 10.1 Å². The molecule has 0 saturated heterocycles. The Hall–Kier alpha value is -0.210. The van der Waals surface area contributed by atoms with Crippen molar-refractivity contribution in [1.29, 1.82) is 0 Å². The predicted octanol–water partition coefficient (Wildman–Crippen LogP) is 0.0516. The Kier molecular flexibility index (Phi) is 4.79. The minimum atomic E-state index is -3.82. The first-order valence-corrected chi connectivity index (χ1v) is 5.54. The molecule has 0 aliphatic carbocycles. The Labute approximate surface area is 78.0 Å². The molecule has 0 rings (SSSR count). The maximum absolute atomic E-state index is 10.6. The lowest BCUT2D eigenvalue weighted by atomic mass is 10.4. The topological polar surface area (TPSA) is 83.8 Å². The standard InChI is InChI=1S/C6H15NO5S/c1-3-7(2,8)5-4-6-13(10,11)12-9/h8H,3-6H2,1-2H3/p+1. The molecule has 2 N–H and O–H groups in total. The van der Waals surface area contributed by atoms with Crippen LogP contribution in [-0.4, -0.2) is 49.4 Å². The van der Waals surface area contributed by atoms with E-state index in [1.807, 2.05) is 0 Å². The molecule has 0 radical (unpaired) electrons. The lowest BCUT2D eigenvalue weighted by Crippen LogP contribution is -2.41. The fraction of sp³-hybridized carbons (Fsp3) is 1.00. The summed E-state index contributed by atoms with van der Waals surface area (Å²) in [7, 11) is -2.24. The third-order valence-corrected chi connectivity index (χ3v) is 2.84. The first-order valence-electron chi connectivity index (χ1n) is 3.96. The molecule has 0 aliphatic heterocycles. The van der Waals surface area contributed by atoms with Crippen molar-refractivity contribution in [3.8, 4) is 0 Å². The fourth-order valence-electron chi connectivity index (χ4n) is 0.777. The van der Waals surface area contributed by atoms with Gasteiger partial charge in [-0.15, -0.1) is 4.33 Å². The monoisotopic (exact) mass is 214 g/mol. The van der Waals surface area contributed by atoms with E-state index in [0.717, 1.165) is 0 Å². The van der Waals surface area contributed by atoms with E-state index in [9.17, 15) is 13.6 Å². The number of hydroxylamine groups is 3. The largest absolute Gasteiger partial charge is 0.293 e. The lowest BCUT2D eigenvalue weighted by molar-refractivity contribution is -1.09. The molecule has 0 bridgehead atoms. The van der Waals surface area contributed by atoms with Crippen LogP contribution in [0.15, 0.2) is 0 Å². The minimum Gasteiger partial charge on any atom is -0.235 e. The van der Waals surface area contributed by atoms with Gasteiger partial charge in [0, 0.05) is 6.42 Å². The number of quaternary nitrogens is 1. The van der Waals surface area contributed by atoms with Gasteiger partial charge in [-0.1, -0.05) is 0 Å². The summed E-state index contributed by atoms with van der Waals surface area (Å²) in [5.74, 6) is -0.294. The van der Waals surface area contributed by atoms with Gasteiger partial charge in [0.1, 0.15) is 13.1 Å². The molecule has 0 aromatic heterocycles. The molecule has 0 heterocycles. The maximum Gasteiger partial charge on any atom is 0.293 e. The van der Waals surface area contributed by atoms with E-state index in [2.05, 4.69) is 4.33 Å². The van der Waals surface area contributed by atoms with Crippen LogP contribution in [0.2, 0.25) is 0 Å². The summed E-state index contributed by atoms with van der Waals surface area (Å²) in [4.78, 5) is 0. The minimum absolute atomic E-state index is 0.235. The van der Waals surface area contributed by atoms with Crippen molar-refractivity contribution < 1.29 is 27.9 Å². The average molecular weight is 214 g/mol. The van der Waals surface area contributed by atoms with Crippen molar-refractivity contribution in [2.45, 2.75) is 13.3 Å². The highest BCUT2D eigenvalue weighted by Crippen LogP contribution is 2.00. The summed E-state index contributed by atoms with van der Waals surface area (Å²) < 4.78 is 24.3. The van der Waals surface area contributed by atoms with Crippen LogP contribution < -0.4 is 0 Å².